The summed E-state index contributed by atoms with van der Waals surface area (Å²) < 4.78 is 0. The average molecular weight is 209 g/mol. The smallest absolute Gasteiger partial charge is 0.158 e. The minimum Gasteiger partial charge on any atom is -0.225 e. The van der Waals surface area contributed by atoms with Crippen LogP contribution in [0.1, 0.15) is 23.4 Å². The van der Waals surface area contributed by atoms with Crippen molar-refractivity contribution in [2.45, 2.75) is 12.8 Å². The van der Waals surface area contributed by atoms with Crippen molar-refractivity contribution in [1.82, 2.24) is 15.0 Å². The quantitative estimate of drug-likeness (QED) is 0.723. The molecule has 0 radical (unpaired) electrons. The second kappa shape index (κ2) is 3.85. The van der Waals surface area contributed by atoms with E-state index in [4.69, 9.17) is 0 Å². The first-order chi connectivity index (χ1) is 7.93. The summed E-state index contributed by atoms with van der Waals surface area (Å²) >= 11 is 0. The number of hydrogen-bond acceptors (Lipinski definition) is 3. The molecule has 0 fully saturated rings. The van der Waals surface area contributed by atoms with E-state index < -0.39 is 0 Å². The van der Waals surface area contributed by atoms with Crippen LogP contribution < -0.4 is 0 Å². The van der Waals surface area contributed by atoms with Crippen LogP contribution in [0.4, 0.5) is 0 Å². The summed E-state index contributed by atoms with van der Waals surface area (Å²) in [4.78, 5) is 12.2. The molecule has 0 saturated carbocycles. The van der Waals surface area contributed by atoms with Gasteiger partial charge in [-0.05, 0) is 35.6 Å². The highest BCUT2D eigenvalue weighted by molar-refractivity contribution is 5.81. The fourth-order valence-electron chi connectivity index (χ4n) is 2.01. The molecule has 3 heteroatoms. The molecular weight excluding hydrogens is 198 g/mol. The fraction of sp³-hybridized carbons (Fsp3) is 0.154. The van der Waals surface area contributed by atoms with Gasteiger partial charge in [0.2, 0.25) is 0 Å². The summed E-state index contributed by atoms with van der Waals surface area (Å²) in [5.41, 5.74) is 3.88. The Hall–Kier alpha value is -2.03. The third kappa shape index (κ3) is 1.60. The summed E-state index contributed by atoms with van der Waals surface area (Å²) in [6.07, 6.45) is 7.33. The lowest BCUT2D eigenvalue weighted by molar-refractivity contribution is 0.948. The summed E-state index contributed by atoms with van der Waals surface area (Å²) in [7, 11) is 0. The van der Waals surface area contributed by atoms with Gasteiger partial charge in [0.05, 0.1) is 0 Å². The lowest BCUT2D eigenvalue weighted by atomic mass is 9.92. The van der Waals surface area contributed by atoms with Gasteiger partial charge in [-0.25, -0.2) is 15.0 Å². The van der Waals surface area contributed by atoms with E-state index in [0.29, 0.717) is 0 Å². The maximum atomic E-state index is 4.18. The molecular formula is C13H11N3. The highest BCUT2D eigenvalue weighted by atomic mass is 15.0. The van der Waals surface area contributed by atoms with Gasteiger partial charge in [-0.15, -0.1) is 0 Å². The Morgan fingerprint density at radius 2 is 1.75 bits per heavy atom. The van der Waals surface area contributed by atoms with Crippen LogP contribution in [0.5, 0.6) is 0 Å². The summed E-state index contributed by atoms with van der Waals surface area (Å²) in [6, 6.07) is 8.46. The van der Waals surface area contributed by atoms with Gasteiger partial charge in [-0.3, -0.25) is 0 Å². The van der Waals surface area contributed by atoms with Crippen molar-refractivity contribution in [3.63, 3.8) is 0 Å². The van der Waals surface area contributed by atoms with Crippen LogP contribution in [0, 0.1) is 0 Å². The van der Waals surface area contributed by atoms with Crippen LogP contribution in [0.3, 0.4) is 0 Å². The average Bonchev–Trinajstić information content (AvgIpc) is 2.39. The van der Waals surface area contributed by atoms with Crippen molar-refractivity contribution in [1.29, 1.82) is 0 Å². The van der Waals surface area contributed by atoms with Crippen molar-refractivity contribution in [2.24, 2.45) is 0 Å². The van der Waals surface area contributed by atoms with Gasteiger partial charge in [0.15, 0.2) is 5.82 Å². The number of allylic oxidation sites excluding steroid dienone is 1. The standard InChI is InChI=1S/C13H11N3/c1-2-4-11-7-12(6-5-10(11)3-1)13-15-8-14-9-16-13/h1-4,7-9H,5-6H2. The first-order valence-electron chi connectivity index (χ1n) is 5.34. The number of hydrogen-bond donors (Lipinski definition) is 0. The zero-order chi connectivity index (χ0) is 10.8. The Balaban J connectivity index is 2.04. The van der Waals surface area contributed by atoms with Crippen molar-refractivity contribution in [3.05, 3.63) is 53.9 Å². The zero-order valence-electron chi connectivity index (χ0n) is 8.80. The zero-order valence-corrected chi connectivity index (χ0v) is 8.80. The molecule has 78 valence electrons. The third-order valence-corrected chi connectivity index (χ3v) is 2.83. The molecule has 0 spiro atoms. The van der Waals surface area contributed by atoms with E-state index in [-0.39, 0.29) is 0 Å². The lowest BCUT2D eigenvalue weighted by Gasteiger charge is -2.14. The molecule has 0 unspecified atom stereocenters. The molecule has 0 bridgehead atoms. The lowest BCUT2D eigenvalue weighted by Crippen LogP contribution is -2.01. The molecule has 3 nitrogen and oxygen atoms in total. The molecule has 0 amide bonds. The van der Waals surface area contributed by atoms with Crippen molar-refractivity contribution >= 4 is 11.6 Å². The Morgan fingerprint density at radius 1 is 0.938 bits per heavy atom. The largest absolute Gasteiger partial charge is 0.225 e. The number of fused-ring (bicyclic) bond motifs is 1. The van der Waals surface area contributed by atoms with E-state index in [9.17, 15) is 0 Å². The first kappa shape index (κ1) is 9.21. The first-order valence-corrected chi connectivity index (χ1v) is 5.34. The molecule has 1 aliphatic carbocycles. The molecule has 0 N–H and O–H groups in total. The van der Waals surface area contributed by atoms with Gasteiger partial charge < -0.3 is 0 Å². The van der Waals surface area contributed by atoms with Crippen LogP contribution in [-0.2, 0) is 6.42 Å². The van der Waals surface area contributed by atoms with E-state index in [1.54, 1.807) is 12.7 Å². The Bertz CT molecular complexity index is 532. The minimum absolute atomic E-state index is 0.796. The Labute approximate surface area is 93.9 Å². The highest BCUT2D eigenvalue weighted by Crippen LogP contribution is 2.27. The highest BCUT2D eigenvalue weighted by Gasteiger charge is 2.12. The van der Waals surface area contributed by atoms with Gasteiger partial charge in [0.1, 0.15) is 12.7 Å². The topological polar surface area (TPSA) is 38.7 Å². The predicted octanol–water partition coefficient (Wildman–Crippen LogP) is 2.36. The number of nitrogens with zero attached hydrogens (tertiary/aromatic N) is 3. The number of benzene rings is 1. The molecule has 1 aliphatic rings. The van der Waals surface area contributed by atoms with Crippen LogP contribution >= 0.6 is 0 Å². The number of aryl methyl sites for hydroxylation is 1. The molecule has 1 aromatic carbocycles. The molecule has 16 heavy (non-hydrogen) atoms. The second-order valence-corrected chi connectivity index (χ2v) is 3.83. The van der Waals surface area contributed by atoms with E-state index in [2.05, 4.69) is 45.3 Å². The molecule has 2 aromatic rings. The molecule has 0 aliphatic heterocycles. The van der Waals surface area contributed by atoms with E-state index >= 15 is 0 Å². The maximum absolute atomic E-state index is 4.18. The second-order valence-electron chi connectivity index (χ2n) is 3.83. The van der Waals surface area contributed by atoms with E-state index in [1.165, 1.54) is 16.7 Å². The molecule has 1 aromatic heterocycles. The van der Waals surface area contributed by atoms with E-state index in [1.807, 2.05) is 0 Å². The monoisotopic (exact) mass is 209 g/mol. The van der Waals surface area contributed by atoms with Crippen LogP contribution in [0.25, 0.3) is 11.6 Å². The van der Waals surface area contributed by atoms with Crippen LogP contribution in [0.2, 0.25) is 0 Å². The maximum Gasteiger partial charge on any atom is 0.158 e. The number of rotatable bonds is 1. The Kier molecular flexibility index (Phi) is 2.22. The third-order valence-electron chi connectivity index (χ3n) is 2.83. The van der Waals surface area contributed by atoms with Crippen molar-refractivity contribution in [3.8, 4) is 0 Å². The predicted molar refractivity (Wildman–Crippen MR) is 62.5 cm³/mol. The van der Waals surface area contributed by atoms with Gasteiger partial charge in [-0.1, -0.05) is 24.3 Å². The van der Waals surface area contributed by atoms with Gasteiger partial charge in [-0.2, -0.15) is 0 Å². The van der Waals surface area contributed by atoms with Crippen molar-refractivity contribution < 1.29 is 0 Å². The fourth-order valence-corrected chi connectivity index (χ4v) is 2.01. The summed E-state index contributed by atoms with van der Waals surface area (Å²) in [5, 5.41) is 0. The van der Waals surface area contributed by atoms with Gasteiger partial charge in [0, 0.05) is 0 Å². The Morgan fingerprint density at radius 3 is 2.62 bits per heavy atom. The molecule has 0 atom stereocenters. The van der Waals surface area contributed by atoms with Gasteiger partial charge in [0.25, 0.3) is 0 Å². The van der Waals surface area contributed by atoms with Crippen LogP contribution in [0.15, 0.2) is 36.9 Å². The van der Waals surface area contributed by atoms with Crippen LogP contribution in [-0.4, -0.2) is 15.0 Å². The SMILES string of the molecule is C1=C(c2ncncn2)CCc2ccccc21. The minimum atomic E-state index is 0.796. The summed E-state index contributed by atoms with van der Waals surface area (Å²) in [5.74, 6) is 0.796. The van der Waals surface area contributed by atoms with E-state index in [0.717, 1.165) is 18.7 Å². The van der Waals surface area contributed by atoms with Gasteiger partial charge >= 0.3 is 0 Å². The summed E-state index contributed by atoms with van der Waals surface area (Å²) in [6.45, 7) is 0. The number of aromatic nitrogens is 3. The normalized spacial score (nSPS) is 14.1. The van der Waals surface area contributed by atoms with Crippen molar-refractivity contribution in [2.75, 3.05) is 0 Å². The molecule has 1 heterocycles. The molecule has 3 rings (SSSR count). The molecule has 0 saturated heterocycles.